The molecule has 5 heteroatoms. The molecule has 1 aromatic rings. The monoisotopic (exact) mass is 322 g/mol. The lowest BCUT2D eigenvalue weighted by Crippen LogP contribution is -2.37. The van der Waals surface area contributed by atoms with Crippen LogP contribution < -0.4 is 10.2 Å². The van der Waals surface area contributed by atoms with Crippen LogP contribution in [0, 0.1) is 11.7 Å². The Balaban J connectivity index is 2.19. The van der Waals surface area contributed by atoms with Crippen molar-refractivity contribution in [3.8, 4) is 0 Å². The lowest BCUT2D eigenvalue weighted by molar-refractivity contribution is -0.125. The summed E-state index contributed by atoms with van der Waals surface area (Å²) in [6.45, 7) is 7.23. The molecule has 0 aromatic heterocycles. The molecule has 2 unspecified atom stereocenters. The number of piperidine rings is 1. The standard InChI is InChI=1S/C18H27FN2O2/c1-4-12(2)18(23)20-13(3)16-11-14(19)5-6-17(16)21-9-7-15(22)8-10-21/h5-6,11-13,15,22H,4,7-10H2,1-3H3,(H,20,23). The van der Waals surface area contributed by atoms with Crippen LogP contribution >= 0.6 is 0 Å². The highest BCUT2D eigenvalue weighted by Crippen LogP contribution is 2.30. The number of carbonyl (C=O) groups is 1. The van der Waals surface area contributed by atoms with Gasteiger partial charge in [0.1, 0.15) is 5.82 Å². The summed E-state index contributed by atoms with van der Waals surface area (Å²) < 4.78 is 13.7. The fourth-order valence-electron chi connectivity index (χ4n) is 2.89. The Morgan fingerprint density at radius 1 is 1.39 bits per heavy atom. The number of carbonyl (C=O) groups excluding carboxylic acids is 1. The highest BCUT2D eigenvalue weighted by molar-refractivity contribution is 5.79. The van der Waals surface area contributed by atoms with Crippen LogP contribution in [0.4, 0.5) is 10.1 Å². The molecule has 0 saturated carbocycles. The fourth-order valence-corrected chi connectivity index (χ4v) is 2.89. The average Bonchev–Trinajstić information content (AvgIpc) is 2.54. The van der Waals surface area contributed by atoms with E-state index in [-0.39, 0.29) is 29.8 Å². The summed E-state index contributed by atoms with van der Waals surface area (Å²) in [5.74, 6) is -0.366. The van der Waals surface area contributed by atoms with Gasteiger partial charge in [-0.15, -0.1) is 0 Å². The molecule has 1 fully saturated rings. The molecule has 2 atom stereocenters. The van der Waals surface area contributed by atoms with E-state index in [1.165, 1.54) is 12.1 Å². The van der Waals surface area contributed by atoms with E-state index in [0.717, 1.165) is 30.8 Å². The van der Waals surface area contributed by atoms with Gasteiger partial charge in [-0.2, -0.15) is 0 Å². The van der Waals surface area contributed by atoms with Crippen molar-refractivity contribution < 1.29 is 14.3 Å². The molecule has 1 aliphatic heterocycles. The minimum Gasteiger partial charge on any atom is -0.393 e. The van der Waals surface area contributed by atoms with Crippen LogP contribution in [0.2, 0.25) is 0 Å². The Kier molecular flexibility index (Phi) is 5.99. The number of rotatable bonds is 5. The van der Waals surface area contributed by atoms with Gasteiger partial charge in [-0.05, 0) is 44.4 Å². The van der Waals surface area contributed by atoms with Crippen LogP contribution in [-0.2, 0) is 4.79 Å². The lowest BCUT2D eigenvalue weighted by Gasteiger charge is -2.34. The quantitative estimate of drug-likeness (QED) is 0.876. The van der Waals surface area contributed by atoms with Crippen molar-refractivity contribution in [2.24, 2.45) is 5.92 Å². The third-order valence-electron chi connectivity index (χ3n) is 4.68. The van der Waals surface area contributed by atoms with Crippen LogP contribution in [0.25, 0.3) is 0 Å². The van der Waals surface area contributed by atoms with E-state index in [0.29, 0.717) is 12.8 Å². The van der Waals surface area contributed by atoms with Gasteiger partial charge >= 0.3 is 0 Å². The van der Waals surface area contributed by atoms with Gasteiger partial charge in [-0.25, -0.2) is 4.39 Å². The molecule has 2 rings (SSSR count). The van der Waals surface area contributed by atoms with E-state index in [2.05, 4.69) is 10.2 Å². The van der Waals surface area contributed by atoms with Gasteiger partial charge in [0.25, 0.3) is 0 Å². The number of nitrogens with one attached hydrogen (secondary N) is 1. The largest absolute Gasteiger partial charge is 0.393 e. The van der Waals surface area contributed by atoms with Gasteiger partial charge in [0.2, 0.25) is 5.91 Å². The van der Waals surface area contributed by atoms with Gasteiger partial charge in [0.15, 0.2) is 0 Å². The number of benzene rings is 1. The fraction of sp³-hybridized carbons (Fsp3) is 0.611. The molecular weight excluding hydrogens is 295 g/mol. The van der Waals surface area contributed by atoms with E-state index in [1.807, 2.05) is 20.8 Å². The number of anilines is 1. The molecule has 1 aromatic carbocycles. The first-order valence-electron chi connectivity index (χ1n) is 8.45. The second-order valence-corrected chi connectivity index (χ2v) is 6.46. The molecule has 1 saturated heterocycles. The number of nitrogens with zero attached hydrogens (tertiary/aromatic N) is 1. The Morgan fingerprint density at radius 2 is 2.04 bits per heavy atom. The highest BCUT2D eigenvalue weighted by Gasteiger charge is 2.23. The Labute approximate surface area is 137 Å². The van der Waals surface area contributed by atoms with Crippen molar-refractivity contribution in [3.05, 3.63) is 29.6 Å². The number of hydrogen-bond acceptors (Lipinski definition) is 3. The van der Waals surface area contributed by atoms with Gasteiger partial charge in [0.05, 0.1) is 12.1 Å². The van der Waals surface area contributed by atoms with E-state index in [1.54, 1.807) is 6.07 Å². The van der Waals surface area contributed by atoms with E-state index in [4.69, 9.17) is 0 Å². The van der Waals surface area contributed by atoms with Crippen molar-refractivity contribution in [3.63, 3.8) is 0 Å². The zero-order valence-electron chi connectivity index (χ0n) is 14.2. The molecule has 0 radical (unpaired) electrons. The third kappa shape index (κ3) is 4.44. The van der Waals surface area contributed by atoms with Crippen LogP contribution in [0.5, 0.6) is 0 Å². The minimum absolute atomic E-state index is 0.00993. The lowest BCUT2D eigenvalue weighted by atomic mass is 10.0. The van der Waals surface area contributed by atoms with Crippen molar-refractivity contribution in [2.45, 2.75) is 52.2 Å². The minimum atomic E-state index is -0.301. The molecule has 128 valence electrons. The normalized spacial score (nSPS) is 18.6. The molecular formula is C18H27FN2O2. The predicted octanol–water partition coefficient (Wildman–Crippen LogP) is 3.01. The number of aliphatic hydroxyl groups excluding tert-OH is 1. The van der Waals surface area contributed by atoms with Crippen LogP contribution in [0.15, 0.2) is 18.2 Å². The maximum absolute atomic E-state index is 13.7. The highest BCUT2D eigenvalue weighted by atomic mass is 19.1. The Hall–Kier alpha value is -1.62. The number of amides is 1. The van der Waals surface area contributed by atoms with Crippen molar-refractivity contribution >= 4 is 11.6 Å². The molecule has 1 amide bonds. The Morgan fingerprint density at radius 3 is 2.65 bits per heavy atom. The van der Waals surface area contributed by atoms with E-state index in [9.17, 15) is 14.3 Å². The number of aliphatic hydroxyl groups is 1. The summed E-state index contributed by atoms with van der Waals surface area (Å²) in [5.41, 5.74) is 1.73. The third-order valence-corrected chi connectivity index (χ3v) is 4.68. The second-order valence-electron chi connectivity index (χ2n) is 6.46. The summed E-state index contributed by atoms with van der Waals surface area (Å²) >= 11 is 0. The van der Waals surface area contributed by atoms with Gasteiger partial charge < -0.3 is 15.3 Å². The molecule has 4 nitrogen and oxygen atoms in total. The van der Waals surface area contributed by atoms with Crippen LogP contribution in [0.1, 0.15) is 51.6 Å². The van der Waals surface area contributed by atoms with Gasteiger partial charge in [0, 0.05) is 30.3 Å². The summed E-state index contributed by atoms with van der Waals surface area (Å²) in [6.07, 6.45) is 1.95. The molecule has 0 bridgehead atoms. The van der Waals surface area contributed by atoms with Crippen LogP contribution in [0.3, 0.4) is 0 Å². The van der Waals surface area contributed by atoms with Gasteiger partial charge in [-0.1, -0.05) is 13.8 Å². The summed E-state index contributed by atoms with van der Waals surface area (Å²) in [4.78, 5) is 14.3. The van der Waals surface area contributed by atoms with Crippen molar-refractivity contribution in [2.75, 3.05) is 18.0 Å². The SMILES string of the molecule is CCC(C)C(=O)NC(C)c1cc(F)ccc1N1CCC(O)CC1. The van der Waals surface area contributed by atoms with Gasteiger partial charge in [-0.3, -0.25) is 4.79 Å². The first kappa shape index (κ1) is 17.7. The first-order chi connectivity index (χ1) is 10.9. The zero-order chi connectivity index (χ0) is 17.0. The zero-order valence-corrected chi connectivity index (χ0v) is 14.2. The summed E-state index contributed by atoms with van der Waals surface area (Å²) in [5, 5.41) is 12.6. The molecule has 1 heterocycles. The molecule has 2 N–H and O–H groups in total. The smallest absolute Gasteiger partial charge is 0.223 e. The molecule has 1 aliphatic rings. The maximum Gasteiger partial charge on any atom is 0.223 e. The van der Waals surface area contributed by atoms with E-state index >= 15 is 0 Å². The maximum atomic E-state index is 13.7. The predicted molar refractivity (Wildman–Crippen MR) is 89.9 cm³/mol. The number of hydrogen-bond donors (Lipinski definition) is 2. The molecule has 0 aliphatic carbocycles. The average molecular weight is 322 g/mol. The van der Waals surface area contributed by atoms with E-state index < -0.39 is 0 Å². The number of halogens is 1. The topological polar surface area (TPSA) is 52.6 Å². The second kappa shape index (κ2) is 7.77. The molecule has 0 spiro atoms. The summed E-state index contributed by atoms with van der Waals surface area (Å²) in [7, 11) is 0. The van der Waals surface area contributed by atoms with Crippen molar-refractivity contribution in [1.82, 2.24) is 5.32 Å². The first-order valence-corrected chi connectivity index (χ1v) is 8.45. The Bertz CT molecular complexity index is 542. The molecule has 23 heavy (non-hydrogen) atoms. The van der Waals surface area contributed by atoms with Crippen molar-refractivity contribution in [1.29, 1.82) is 0 Å². The van der Waals surface area contributed by atoms with Crippen LogP contribution in [-0.4, -0.2) is 30.2 Å². The summed E-state index contributed by atoms with van der Waals surface area (Å²) in [6, 6.07) is 4.47.